The van der Waals surface area contributed by atoms with Gasteiger partial charge in [0.25, 0.3) is 5.91 Å². The van der Waals surface area contributed by atoms with E-state index in [4.69, 9.17) is 21.3 Å². The predicted octanol–water partition coefficient (Wildman–Crippen LogP) is 3.67. The Balaban J connectivity index is 1.44. The first-order valence-corrected chi connectivity index (χ1v) is 11.9. The molecule has 2 heterocycles. The molecule has 4 aromatic rings. The highest BCUT2D eigenvalue weighted by molar-refractivity contribution is 7.99. The second-order valence-corrected chi connectivity index (χ2v) is 8.91. The summed E-state index contributed by atoms with van der Waals surface area (Å²) in [6, 6.07) is 21.8. The molecule has 3 aromatic carbocycles. The summed E-state index contributed by atoms with van der Waals surface area (Å²) in [6.07, 6.45) is 0.590. The summed E-state index contributed by atoms with van der Waals surface area (Å²) in [4.78, 5) is 25.2. The van der Waals surface area contributed by atoms with Gasteiger partial charge in [-0.1, -0.05) is 60.3 Å². The molecule has 0 radical (unpaired) electrons. The van der Waals surface area contributed by atoms with E-state index >= 15 is 0 Å². The summed E-state index contributed by atoms with van der Waals surface area (Å²) >= 11 is 1.14. The van der Waals surface area contributed by atoms with Crippen LogP contribution in [0.3, 0.4) is 0 Å². The lowest BCUT2D eigenvalue weighted by Crippen LogP contribution is -2.28. The maximum absolute atomic E-state index is 13.3. The van der Waals surface area contributed by atoms with E-state index in [9.17, 15) is 4.79 Å². The van der Waals surface area contributed by atoms with Crippen molar-refractivity contribution in [2.45, 2.75) is 17.6 Å². The third-order valence-electron chi connectivity index (χ3n) is 5.72. The number of nitrogens with zero attached hydrogens (tertiary/aromatic N) is 5. The molecule has 5 rings (SSSR count). The van der Waals surface area contributed by atoms with Gasteiger partial charge in [-0.2, -0.15) is 20.1 Å². The molecule has 0 saturated carbocycles. The summed E-state index contributed by atoms with van der Waals surface area (Å²) in [6.45, 7) is 0. The Kier molecular flexibility index (Phi) is 6.19. The fraction of sp³-hybridized carbons (Fsp3) is 0.160. The Labute approximate surface area is 206 Å². The van der Waals surface area contributed by atoms with E-state index in [0.29, 0.717) is 11.6 Å². The minimum absolute atomic E-state index is 0.0151. The molecule has 0 bridgehead atoms. The van der Waals surface area contributed by atoms with Crippen molar-refractivity contribution in [3.05, 3.63) is 77.9 Å². The molecular weight excluding hydrogens is 462 g/mol. The Hall–Kier alpha value is -4.18. The standard InChI is InChI=1S/C25H23N7O2S/c1-34-19-10-8-16(9-11-19)21-13-20(18-7-6-15-4-2-3-5-17(15)12-18)31-32(21)22(33)14-35-25-29-23(26)28-24(27)30-25/h2-12,21H,13-14H2,1H3,(H4,26,27,28,29,30). The number of amides is 1. The summed E-state index contributed by atoms with van der Waals surface area (Å²) in [5.74, 6) is 0.678. The van der Waals surface area contributed by atoms with Crippen LogP contribution in [0.25, 0.3) is 10.8 Å². The molecular formula is C25H23N7O2S. The van der Waals surface area contributed by atoms with E-state index in [2.05, 4.69) is 39.2 Å². The number of aromatic nitrogens is 3. The Bertz CT molecular complexity index is 1410. The second kappa shape index (κ2) is 9.59. The minimum atomic E-state index is -0.246. The number of anilines is 2. The van der Waals surface area contributed by atoms with E-state index in [1.165, 1.54) is 0 Å². The van der Waals surface area contributed by atoms with Crippen LogP contribution >= 0.6 is 11.8 Å². The zero-order chi connectivity index (χ0) is 24.4. The van der Waals surface area contributed by atoms with Gasteiger partial charge < -0.3 is 16.2 Å². The number of hydrazone groups is 1. The highest BCUT2D eigenvalue weighted by Gasteiger charge is 2.33. The lowest BCUT2D eigenvalue weighted by Gasteiger charge is -2.22. The van der Waals surface area contributed by atoms with Gasteiger partial charge in [-0.3, -0.25) is 4.79 Å². The topological polar surface area (TPSA) is 133 Å². The van der Waals surface area contributed by atoms with Crippen LogP contribution in [-0.4, -0.2) is 44.4 Å². The van der Waals surface area contributed by atoms with E-state index < -0.39 is 0 Å². The summed E-state index contributed by atoms with van der Waals surface area (Å²) in [5.41, 5.74) is 14.1. The number of rotatable bonds is 6. The third-order valence-corrected chi connectivity index (χ3v) is 6.56. The lowest BCUT2D eigenvalue weighted by molar-refractivity contribution is -0.130. The Morgan fingerprint density at radius 3 is 2.43 bits per heavy atom. The number of thioether (sulfide) groups is 1. The van der Waals surface area contributed by atoms with Crippen molar-refractivity contribution in [2.75, 3.05) is 24.3 Å². The van der Waals surface area contributed by atoms with Crippen molar-refractivity contribution in [3.63, 3.8) is 0 Å². The van der Waals surface area contributed by atoms with E-state index in [-0.39, 0.29) is 29.6 Å². The van der Waals surface area contributed by atoms with Gasteiger partial charge in [0.1, 0.15) is 5.75 Å². The number of benzene rings is 3. The average molecular weight is 486 g/mol. The number of nitrogen functional groups attached to an aromatic ring is 2. The monoisotopic (exact) mass is 485 g/mol. The number of hydrogen-bond acceptors (Lipinski definition) is 9. The predicted molar refractivity (Wildman–Crippen MR) is 137 cm³/mol. The molecule has 0 aliphatic carbocycles. The average Bonchev–Trinajstić information content (AvgIpc) is 3.32. The highest BCUT2D eigenvalue weighted by Crippen LogP contribution is 2.35. The van der Waals surface area contributed by atoms with Crippen LogP contribution in [-0.2, 0) is 4.79 Å². The van der Waals surface area contributed by atoms with Crippen LogP contribution in [0, 0.1) is 0 Å². The van der Waals surface area contributed by atoms with Crippen LogP contribution in [0.4, 0.5) is 11.9 Å². The van der Waals surface area contributed by atoms with Gasteiger partial charge in [-0.25, -0.2) is 5.01 Å². The number of hydrogen-bond donors (Lipinski definition) is 2. The normalized spacial score (nSPS) is 15.3. The third kappa shape index (κ3) is 4.87. The largest absolute Gasteiger partial charge is 0.497 e. The molecule has 0 saturated heterocycles. The van der Waals surface area contributed by atoms with Gasteiger partial charge in [0, 0.05) is 6.42 Å². The van der Waals surface area contributed by atoms with Crippen LogP contribution in [0.1, 0.15) is 23.6 Å². The molecule has 1 aliphatic rings. The summed E-state index contributed by atoms with van der Waals surface area (Å²) in [7, 11) is 1.62. The molecule has 176 valence electrons. The molecule has 1 aromatic heterocycles. The molecule has 35 heavy (non-hydrogen) atoms. The van der Waals surface area contributed by atoms with Crippen molar-refractivity contribution >= 4 is 46.0 Å². The second-order valence-electron chi connectivity index (χ2n) is 7.96. The van der Waals surface area contributed by atoms with Gasteiger partial charge in [-0.05, 0) is 40.1 Å². The van der Waals surface area contributed by atoms with E-state index in [1.54, 1.807) is 12.1 Å². The Morgan fingerprint density at radius 2 is 1.71 bits per heavy atom. The molecule has 1 aliphatic heterocycles. The van der Waals surface area contributed by atoms with Gasteiger partial charge in [0.2, 0.25) is 11.9 Å². The maximum atomic E-state index is 13.3. The molecule has 9 nitrogen and oxygen atoms in total. The molecule has 1 unspecified atom stereocenters. The highest BCUT2D eigenvalue weighted by atomic mass is 32.2. The van der Waals surface area contributed by atoms with Gasteiger partial charge in [-0.15, -0.1) is 0 Å². The van der Waals surface area contributed by atoms with Crippen LogP contribution < -0.4 is 16.2 Å². The maximum Gasteiger partial charge on any atom is 0.253 e. The van der Waals surface area contributed by atoms with Crippen molar-refractivity contribution in [2.24, 2.45) is 5.10 Å². The fourth-order valence-corrected chi connectivity index (χ4v) is 4.72. The molecule has 4 N–H and O–H groups in total. The number of ether oxygens (including phenoxy) is 1. The van der Waals surface area contributed by atoms with E-state index in [1.807, 2.05) is 42.5 Å². The first-order valence-electron chi connectivity index (χ1n) is 10.9. The number of nitrogens with two attached hydrogens (primary N) is 2. The zero-order valence-corrected chi connectivity index (χ0v) is 19.8. The number of fused-ring (bicyclic) bond motifs is 1. The Morgan fingerprint density at radius 1 is 1.00 bits per heavy atom. The minimum Gasteiger partial charge on any atom is -0.497 e. The smallest absolute Gasteiger partial charge is 0.253 e. The van der Waals surface area contributed by atoms with Crippen molar-refractivity contribution in [3.8, 4) is 5.75 Å². The number of methoxy groups -OCH3 is 1. The van der Waals surface area contributed by atoms with Crippen molar-refractivity contribution < 1.29 is 9.53 Å². The van der Waals surface area contributed by atoms with Crippen LogP contribution in [0.15, 0.2) is 77.0 Å². The number of carbonyl (C=O) groups is 1. The molecule has 0 spiro atoms. The van der Waals surface area contributed by atoms with Gasteiger partial charge in [0.15, 0.2) is 5.16 Å². The van der Waals surface area contributed by atoms with Crippen LogP contribution in [0.5, 0.6) is 5.75 Å². The van der Waals surface area contributed by atoms with Crippen LogP contribution in [0.2, 0.25) is 0 Å². The van der Waals surface area contributed by atoms with E-state index in [0.717, 1.165) is 45.1 Å². The molecule has 10 heteroatoms. The first kappa shape index (κ1) is 22.6. The number of carbonyl (C=O) groups excluding carboxylic acids is 1. The molecule has 1 atom stereocenters. The van der Waals surface area contributed by atoms with Gasteiger partial charge >= 0.3 is 0 Å². The van der Waals surface area contributed by atoms with Crippen molar-refractivity contribution in [1.29, 1.82) is 0 Å². The SMILES string of the molecule is COc1ccc(C2CC(c3ccc4ccccc4c3)=NN2C(=O)CSc2nc(N)nc(N)n2)cc1. The lowest BCUT2D eigenvalue weighted by atomic mass is 9.97. The first-order chi connectivity index (χ1) is 17.0. The zero-order valence-electron chi connectivity index (χ0n) is 19.0. The molecule has 1 amide bonds. The quantitative estimate of drug-likeness (QED) is 0.395. The fourth-order valence-electron chi connectivity index (χ4n) is 4.01. The van der Waals surface area contributed by atoms with Gasteiger partial charge in [0.05, 0.1) is 24.6 Å². The van der Waals surface area contributed by atoms with Crippen molar-refractivity contribution in [1.82, 2.24) is 20.0 Å². The molecule has 0 fully saturated rings. The summed E-state index contributed by atoms with van der Waals surface area (Å²) < 4.78 is 5.29. The summed E-state index contributed by atoms with van der Waals surface area (Å²) in [5, 5.41) is 8.89.